The van der Waals surface area contributed by atoms with Crippen LogP contribution >= 0.6 is 11.8 Å². The third-order valence-electron chi connectivity index (χ3n) is 2.33. The van der Waals surface area contributed by atoms with E-state index in [1.807, 2.05) is 0 Å². The lowest BCUT2D eigenvalue weighted by Gasteiger charge is -2.16. The molecule has 106 valence electrons. The van der Waals surface area contributed by atoms with Gasteiger partial charge >= 0.3 is 0 Å². The third-order valence-corrected chi connectivity index (χ3v) is 3.34. The zero-order valence-electron chi connectivity index (χ0n) is 10.6. The normalized spacial score (nSPS) is 12.1. The van der Waals surface area contributed by atoms with Crippen molar-refractivity contribution in [2.24, 2.45) is 11.5 Å². The number of H-pyrrole nitrogens is 1. The van der Waals surface area contributed by atoms with Crippen molar-refractivity contribution in [3.05, 3.63) is 18.2 Å². The molecule has 0 aromatic carbocycles. The van der Waals surface area contributed by atoms with Gasteiger partial charge in [-0.1, -0.05) is 11.8 Å². The van der Waals surface area contributed by atoms with E-state index in [9.17, 15) is 9.59 Å². The minimum absolute atomic E-state index is 0.106. The van der Waals surface area contributed by atoms with Crippen LogP contribution in [0.15, 0.2) is 12.5 Å². The molecule has 0 saturated carbocycles. The Morgan fingerprint density at radius 1 is 1.42 bits per heavy atom. The number of hydrogen-bond acceptors (Lipinski definition) is 6. The molecule has 0 fully saturated rings. The molecule has 1 amide bonds. The summed E-state index contributed by atoms with van der Waals surface area (Å²) in [5.74, 6) is 0.305. The molecule has 0 spiro atoms. The Bertz CT molecular complexity index is 396. The zero-order valence-corrected chi connectivity index (χ0v) is 11.4. The van der Waals surface area contributed by atoms with Crippen molar-refractivity contribution in [1.82, 2.24) is 15.3 Å². The van der Waals surface area contributed by atoms with Crippen LogP contribution in [0.5, 0.6) is 0 Å². The minimum atomic E-state index is -0.587. The van der Waals surface area contributed by atoms with Crippen molar-refractivity contribution >= 4 is 22.8 Å². The molecule has 0 unspecified atom stereocenters. The van der Waals surface area contributed by atoms with E-state index in [0.717, 1.165) is 17.5 Å². The molecule has 0 aliphatic carbocycles. The number of hydrogen-bond donors (Lipinski definition) is 4. The first-order valence-electron chi connectivity index (χ1n) is 6.00. The fourth-order valence-electron chi connectivity index (χ4n) is 1.47. The molecule has 1 atom stereocenters. The van der Waals surface area contributed by atoms with Gasteiger partial charge in [-0.15, -0.1) is 0 Å². The van der Waals surface area contributed by atoms with Crippen LogP contribution in [0.1, 0.15) is 12.1 Å². The first-order chi connectivity index (χ1) is 9.17. The zero-order chi connectivity index (χ0) is 14.1. The van der Waals surface area contributed by atoms with Crippen molar-refractivity contribution in [2.75, 3.05) is 18.8 Å². The van der Waals surface area contributed by atoms with Gasteiger partial charge in [-0.25, -0.2) is 4.98 Å². The Morgan fingerprint density at radius 2 is 2.21 bits per heavy atom. The average molecular weight is 285 g/mol. The van der Waals surface area contributed by atoms with Crippen LogP contribution < -0.4 is 16.8 Å². The van der Waals surface area contributed by atoms with Gasteiger partial charge in [-0.2, -0.15) is 0 Å². The van der Waals surface area contributed by atoms with E-state index in [2.05, 4.69) is 15.3 Å². The highest BCUT2D eigenvalue weighted by Crippen LogP contribution is 2.09. The summed E-state index contributed by atoms with van der Waals surface area (Å²) in [6.07, 6.45) is 3.75. The van der Waals surface area contributed by atoms with Gasteiger partial charge < -0.3 is 21.8 Å². The lowest BCUT2D eigenvalue weighted by Crippen LogP contribution is -2.42. The van der Waals surface area contributed by atoms with Gasteiger partial charge in [0.1, 0.15) is 6.04 Å². The summed E-state index contributed by atoms with van der Waals surface area (Å²) in [4.78, 5) is 30.3. The van der Waals surface area contributed by atoms with Crippen molar-refractivity contribution in [2.45, 2.75) is 18.9 Å². The molecule has 6 N–H and O–H groups in total. The smallest absolute Gasteiger partial charge is 0.221 e. The van der Waals surface area contributed by atoms with Gasteiger partial charge in [0.15, 0.2) is 0 Å². The monoisotopic (exact) mass is 285 g/mol. The first kappa shape index (κ1) is 15.7. The lowest BCUT2D eigenvalue weighted by atomic mass is 10.2. The number of imidazole rings is 1. The summed E-state index contributed by atoms with van der Waals surface area (Å²) in [6.45, 7) is 0.677. The number of thioether (sulfide) groups is 1. The maximum atomic E-state index is 12.0. The van der Waals surface area contributed by atoms with E-state index < -0.39 is 6.04 Å². The third kappa shape index (κ3) is 5.86. The molecule has 1 heterocycles. The SMILES string of the molecule is NCCSC(=O)[C@H](Cc1cnc[nH]1)NC(=O)CCN. The van der Waals surface area contributed by atoms with Crippen LogP contribution in [0.4, 0.5) is 0 Å². The summed E-state index contributed by atoms with van der Waals surface area (Å²) >= 11 is 1.12. The van der Waals surface area contributed by atoms with Gasteiger partial charge in [0.2, 0.25) is 11.0 Å². The molecular formula is C11H19N5O2S. The molecule has 0 aliphatic rings. The summed E-state index contributed by atoms with van der Waals surface area (Å²) in [5.41, 5.74) is 11.5. The maximum absolute atomic E-state index is 12.0. The summed E-state index contributed by atoms with van der Waals surface area (Å²) in [7, 11) is 0. The topological polar surface area (TPSA) is 127 Å². The number of amides is 1. The van der Waals surface area contributed by atoms with Gasteiger partial charge in [-0.05, 0) is 0 Å². The van der Waals surface area contributed by atoms with Crippen LogP contribution in [0.2, 0.25) is 0 Å². The van der Waals surface area contributed by atoms with E-state index in [4.69, 9.17) is 11.5 Å². The van der Waals surface area contributed by atoms with Gasteiger partial charge in [0, 0.05) is 43.6 Å². The standard InChI is InChI=1S/C11H19N5O2S/c12-2-1-10(17)16-9(11(18)19-4-3-13)5-8-6-14-7-15-8/h6-7,9H,1-5,12-13H2,(H,14,15)(H,16,17)/t9-/m0/s1. The molecule has 0 bridgehead atoms. The molecule has 0 aliphatic heterocycles. The van der Waals surface area contributed by atoms with Gasteiger partial charge in [0.25, 0.3) is 0 Å². The Balaban J connectivity index is 2.61. The van der Waals surface area contributed by atoms with Crippen LogP contribution in [0.3, 0.4) is 0 Å². The molecule has 1 aromatic heterocycles. The lowest BCUT2D eigenvalue weighted by molar-refractivity contribution is -0.124. The summed E-state index contributed by atoms with van der Waals surface area (Å²) in [6, 6.07) is -0.587. The van der Waals surface area contributed by atoms with Crippen LogP contribution in [0.25, 0.3) is 0 Å². The summed E-state index contributed by atoms with van der Waals surface area (Å²) < 4.78 is 0. The quantitative estimate of drug-likeness (QED) is 0.485. The highest BCUT2D eigenvalue weighted by atomic mass is 32.2. The van der Waals surface area contributed by atoms with Crippen molar-refractivity contribution in [1.29, 1.82) is 0 Å². The number of nitrogens with two attached hydrogens (primary N) is 2. The fourth-order valence-corrected chi connectivity index (χ4v) is 2.13. The molecular weight excluding hydrogens is 266 g/mol. The molecule has 8 heteroatoms. The van der Waals surface area contributed by atoms with Crippen LogP contribution in [-0.4, -0.2) is 45.9 Å². The van der Waals surface area contributed by atoms with E-state index >= 15 is 0 Å². The Morgan fingerprint density at radius 3 is 2.79 bits per heavy atom. The minimum Gasteiger partial charge on any atom is -0.348 e. The maximum Gasteiger partial charge on any atom is 0.221 e. The molecule has 1 aromatic rings. The second-order valence-electron chi connectivity index (χ2n) is 3.90. The van der Waals surface area contributed by atoms with Crippen molar-refractivity contribution in [3.8, 4) is 0 Å². The highest BCUT2D eigenvalue weighted by molar-refractivity contribution is 8.13. The second kappa shape index (κ2) is 8.68. The summed E-state index contributed by atoms with van der Waals surface area (Å²) in [5, 5.41) is 2.58. The van der Waals surface area contributed by atoms with E-state index in [-0.39, 0.29) is 24.0 Å². The predicted octanol–water partition coefficient (Wildman–Crippen LogP) is -0.996. The number of rotatable bonds is 8. The predicted molar refractivity (Wildman–Crippen MR) is 74.4 cm³/mol. The molecule has 7 nitrogen and oxygen atoms in total. The molecule has 19 heavy (non-hydrogen) atoms. The van der Waals surface area contributed by atoms with Crippen molar-refractivity contribution in [3.63, 3.8) is 0 Å². The van der Waals surface area contributed by atoms with Crippen molar-refractivity contribution < 1.29 is 9.59 Å². The number of carbonyl (C=O) groups is 2. The average Bonchev–Trinajstić information content (AvgIpc) is 2.88. The van der Waals surface area contributed by atoms with Gasteiger partial charge in [-0.3, -0.25) is 9.59 Å². The molecule has 1 rings (SSSR count). The van der Waals surface area contributed by atoms with Crippen LogP contribution in [0, 0.1) is 0 Å². The molecule has 0 saturated heterocycles. The Hall–Kier alpha value is -1.38. The largest absolute Gasteiger partial charge is 0.348 e. The number of nitrogens with zero attached hydrogens (tertiary/aromatic N) is 1. The van der Waals surface area contributed by atoms with E-state index in [0.29, 0.717) is 18.7 Å². The second-order valence-corrected chi connectivity index (χ2v) is 5.00. The fraction of sp³-hybridized carbons (Fsp3) is 0.545. The van der Waals surface area contributed by atoms with E-state index in [1.165, 1.54) is 6.33 Å². The highest BCUT2D eigenvalue weighted by Gasteiger charge is 2.21. The van der Waals surface area contributed by atoms with E-state index in [1.54, 1.807) is 6.20 Å². The number of aromatic amines is 1. The van der Waals surface area contributed by atoms with Crippen LogP contribution in [-0.2, 0) is 16.0 Å². The number of aromatic nitrogens is 2. The number of nitrogens with one attached hydrogen (secondary N) is 2. The molecule has 0 radical (unpaired) electrons. The first-order valence-corrected chi connectivity index (χ1v) is 6.99. The Kier molecular flexibility index (Phi) is 7.16. The van der Waals surface area contributed by atoms with Gasteiger partial charge in [0.05, 0.1) is 6.33 Å². The Labute approximate surface area is 115 Å². The number of carbonyl (C=O) groups excluding carboxylic acids is 2.